The first kappa shape index (κ1) is 18.0. The van der Waals surface area contributed by atoms with Gasteiger partial charge in [0, 0.05) is 22.3 Å². The predicted molar refractivity (Wildman–Crippen MR) is 107 cm³/mol. The minimum absolute atomic E-state index is 0.264. The molecule has 4 rings (SSSR count). The molecule has 0 unspecified atom stereocenters. The first-order valence-corrected chi connectivity index (χ1v) is 9.42. The van der Waals surface area contributed by atoms with E-state index in [-0.39, 0.29) is 12.0 Å². The van der Waals surface area contributed by atoms with Gasteiger partial charge in [-0.2, -0.15) is 0 Å². The van der Waals surface area contributed by atoms with Gasteiger partial charge in [-0.25, -0.2) is 14.6 Å². The number of esters is 1. The predicted octanol–water partition coefficient (Wildman–Crippen LogP) is 4.03. The Kier molecular flexibility index (Phi) is 4.94. The number of anilines is 2. The summed E-state index contributed by atoms with van der Waals surface area (Å²) in [6.07, 6.45) is 1.67. The molecule has 2 amide bonds. The van der Waals surface area contributed by atoms with Crippen LogP contribution < -0.4 is 15.0 Å². The summed E-state index contributed by atoms with van der Waals surface area (Å²) in [7, 11) is 1.35. The number of benzene rings is 1. The second-order valence-electron chi connectivity index (χ2n) is 6.00. The first-order chi connectivity index (χ1) is 13.7. The van der Waals surface area contributed by atoms with E-state index < -0.39 is 0 Å². The van der Waals surface area contributed by atoms with Crippen molar-refractivity contribution >= 4 is 34.8 Å². The van der Waals surface area contributed by atoms with E-state index in [4.69, 9.17) is 9.47 Å². The highest BCUT2D eigenvalue weighted by atomic mass is 32.1. The Morgan fingerprint density at radius 3 is 2.82 bits per heavy atom. The molecule has 1 aliphatic rings. The number of amides is 2. The summed E-state index contributed by atoms with van der Waals surface area (Å²) in [6.45, 7) is 0.779. The van der Waals surface area contributed by atoms with Crippen LogP contribution in [-0.4, -0.2) is 37.2 Å². The lowest BCUT2D eigenvalue weighted by Gasteiger charge is -2.28. The zero-order chi connectivity index (χ0) is 19.5. The van der Waals surface area contributed by atoms with Gasteiger partial charge in [-0.05, 0) is 30.3 Å². The number of urea groups is 1. The second-order valence-corrected chi connectivity index (χ2v) is 7.08. The monoisotopic (exact) mass is 395 g/mol. The lowest BCUT2D eigenvalue weighted by atomic mass is 10.2. The maximum atomic E-state index is 12.7. The highest BCUT2D eigenvalue weighted by Crippen LogP contribution is 2.36. The highest BCUT2D eigenvalue weighted by Gasteiger charge is 2.26. The SMILES string of the molecule is COC(=O)c1ccc(-c2cnc3c(c2)OCCN3C(=O)Nc2ccccc2)s1. The number of carbonyl (C=O) groups is 2. The third-order valence-corrected chi connectivity index (χ3v) is 5.32. The molecular weight excluding hydrogens is 378 g/mol. The van der Waals surface area contributed by atoms with E-state index in [1.165, 1.54) is 18.4 Å². The molecule has 1 aromatic carbocycles. The molecule has 3 aromatic rings. The van der Waals surface area contributed by atoms with Gasteiger partial charge in [0.05, 0.1) is 13.7 Å². The molecule has 8 heteroatoms. The zero-order valence-electron chi connectivity index (χ0n) is 15.0. The number of hydrogen-bond acceptors (Lipinski definition) is 6. The molecule has 2 aromatic heterocycles. The third-order valence-electron chi connectivity index (χ3n) is 4.21. The molecule has 0 radical (unpaired) electrons. The smallest absolute Gasteiger partial charge is 0.348 e. The first-order valence-electron chi connectivity index (χ1n) is 8.60. The summed E-state index contributed by atoms with van der Waals surface area (Å²) in [5, 5.41) is 2.86. The molecule has 0 saturated carbocycles. The van der Waals surface area contributed by atoms with Crippen molar-refractivity contribution in [1.29, 1.82) is 0 Å². The normalized spacial score (nSPS) is 12.7. The van der Waals surface area contributed by atoms with Gasteiger partial charge in [0.1, 0.15) is 11.5 Å². The fourth-order valence-corrected chi connectivity index (χ4v) is 3.75. The quantitative estimate of drug-likeness (QED) is 0.677. The van der Waals surface area contributed by atoms with Crippen molar-refractivity contribution in [2.75, 3.05) is 30.5 Å². The Balaban J connectivity index is 1.58. The van der Waals surface area contributed by atoms with E-state index in [1.54, 1.807) is 17.2 Å². The van der Waals surface area contributed by atoms with Crippen LogP contribution >= 0.6 is 11.3 Å². The van der Waals surface area contributed by atoms with Crippen molar-refractivity contribution < 1.29 is 19.1 Å². The topological polar surface area (TPSA) is 80.8 Å². The van der Waals surface area contributed by atoms with Crippen LogP contribution in [0.1, 0.15) is 9.67 Å². The van der Waals surface area contributed by atoms with Crippen molar-refractivity contribution in [3.63, 3.8) is 0 Å². The largest absolute Gasteiger partial charge is 0.488 e. The van der Waals surface area contributed by atoms with E-state index in [9.17, 15) is 9.59 Å². The summed E-state index contributed by atoms with van der Waals surface area (Å²) < 4.78 is 10.5. The van der Waals surface area contributed by atoms with Crippen molar-refractivity contribution in [2.24, 2.45) is 0 Å². The minimum atomic E-state index is -0.373. The standard InChI is InChI=1S/C20H17N3O4S/c1-26-19(24)17-8-7-16(28-17)13-11-15-18(21-12-13)23(9-10-27-15)20(25)22-14-5-3-2-4-6-14/h2-8,11-12H,9-10H2,1H3,(H,22,25). The summed E-state index contributed by atoms with van der Waals surface area (Å²) in [6, 6.07) is 14.4. The van der Waals surface area contributed by atoms with Crippen LogP contribution in [0, 0.1) is 0 Å². The number of pyridine rings is 1. The van der Waals surface area contributed by atoms with Crippen LogP contribution in [0.25, 0.3) is 10.4 Å². The van der Waals surface area contributed by atoms with Crippen LogP contribution in [0.2, 0.25) is 0 Å². The number of nitrogens with one attached hydrogen (secondary N) is 1. The molecule has 0 atom stereocenters. The summed E-state index contributed by atoms with van der Waals surface area (Å²) in [5.41, 5.74) is 1.52. The van der Waals surface area contributed by atoms with Gasteiger partial charge >= 0.3 is 12.0 Å². The molecule has 28 heavy (non-hydrogen) atoms. The fraction of sp³-hybridized carbons (Fsp3) is 0.150. The van der Waals surface area contributed by atoms with Crippen LogP contribution in [0.3, 0.4) is 0 Å². The fourth-order valence-electron chi connectivity index (χ4n) is 2.85. The Morgan fingerprint density at radius 2 is 2.04 bits per heavy atom. The van der Waals surface area contributed by atoms with Gasteiger partial charge in [0.25, 0.3) is 0 Å². The van der Waals surface area contributed by atoms with E-state index >= 15 is 0 Å². The maximum Gasteiger partial charge on any atom is 0.348 e. The lowest BCUT2D eigenvalue weighted by molar-refractivity contribution is 0.0606. The van der Waals surface area contributed by atoms with Crippen molar-refractivity contribution in [2.45, 2.75) is 0 Å². The molecule has 7 nitrogen and oxygen atoms in total. The average molecular weight is 395 g/mol. The molecule has 0 bridgehead atoms. The number of rotatable bonds is 3. The number of aromatic nitrogens is 1. The lowest BCUT2D eigenvalue weighted by Crippen LogP contribution is -2.41. The van der Waals surface area contributed by atoms with Gasteiger partial charge in [0.15, 0.2) is 11.6 Å². The van der Waals surface area contributed by atoms with Gasteiger partial charge in [-0.3, -0.25) is 4.90 Å². The van der Waals surface area contributed by atoms with E-state index in [2.05, 4.69) is 10.3 Å². The molecule has 0 saturated heterocycles. The van der Waals surface area contributed by atoms with Gasteiger partial charge in [-0.1, -0.05) is 18.2 Å². The average Bonchev–Trinajstić information content (AvgIpc) is 3.23. The Morgan fingerprint density at radius 1 is 1.21 bits per heavy atom. The molecule has 0 spiro atoms. The Labute approximate surface area is 165 Å². The van der Waals surface area contributed by atoms with Gasteiger partial charge < -0.3 is 14.8 Å². The molecule has 0 aliphatic carbocycles. The number of fused-ring (bicyclic) bond motifs is 1. The summed E-state index contributed by atoms with van der Waals surface area (Å²) in [5.74, 6) is 0.621. The van der Waals surface area contributed by atoms with E-state index in [0.29, 0.717) is 35.3 Å². The number of carbonyl (C=O) groups excluding carboxylic acids is 2. The van der Waals surface area contributed by atoms with Crippen LogP contribution in [0.15, 0.2) is 54.7 Å². The van der Waals surface area contributed by atoms with Crippen molar-refractivity contribution in [1.82, 2.24) is 4.98 Å². The summed E-state index contributed by atoms with van der Waals surface area (Å²) >= 11 is 1.32. The molecule has 142 valence electrons. The number of methoxy groups -OCH3 is 1. The van der Waals surface area contributed by atoms with Crippen LogP contribution in [0.4, 0.5) is 16.3 Å². The number of ether oxygens (including phenoxy) is 2. The number of hydrogen-bond donors (Lipinski definition) is 1. The van der Waals surface area contributed by atoms with Crippen molar-refractivity contribution in [3.05, 3.63) is 59.6 Å². The summed E-state index contributed by atoms with van der Waals surface area (Å²) in [4.78, 5) is 31.7. The van der Waals surface area contributed by atoms with Gasteiger partial charge in [0.2, 0.25) is 0 Å². The number of thiophene rings is 1. The molecule has 1 N–H and O–H groups in total. The van der Waals surface area contributed by atoms with Gasteiger partial charge in [-0.15, -0.1) is 11.3 Å². The zero-order valence-corrected chi connectivity index (χ0v) is 15.9. The number of para-hydroxylation sites is 1. The number of nitrogens with zero attached hydrogens (tertiary/aromatic N) is 2. The third kappa shape index (κ3) is 3.54. The highest BCUT2D eigenvalue weighted by molar-refractivity contribution is 7.17. The van der Waals surface area contributed by atoms with Crippen molar-refractivity contribution in [3.8, 4) is 16.2 Å². The molecule has 3 heterocycles. The Bertz CT molecular complexity index is 1020. The van der Waals surface area contributed by atoms with E-state index in [0.717, 1.165) is 10.4 Å². The second kappa shape index (κ2) is 7.69. The maximum absolute atomic E-state index is 12.7. The van der Waals surface area contributed by atoms with E-state index in [1.807, 2.05) is 42.5 Å². The minimum Gasteiger partial charge on any atom is -0.488 e. The molecular formula is C20H17N3O4S. The van der Waals surface area contributed by atoms with Crippen LogP contribution in [0.5, 0.6) is 5.75 Å². The molecule has 1 aliphatic heterocycles. The van der Waals surface area contributed by atoms with Crippen LogP contribution in [-0.2, 0) is 4.74 Å². The molecule has 0 fully saturated rings. The Hall–Kier alpha value is -3.39.